The third-order valence-electron chi connectivity index (χ3n) is 4.88. The van der Waals surface area contributed by atoms with Gasteiger partial charge in [0.25, 0.3) is 10.0 Å². The molecule has 0 radical (unpaired) electrons. The zero-order chi connectivity index (χ0) is 22.4. The predicted octanol–water partition coefficient (Wildman–Crippen LogP) is 4.95. The SMILES string of the molecule is O=S(=O)(Nc1cccc(CNCCOc2cccc(F)c2)c1)c1ccc2ccccc2c1. The fourth-order valence-corrected chi connectivity index (χ4v) is 4.41. The minimum Gasteiger partial charge on any atom is -0.492 e. The van der Waals surface area contributed by atoms with Gasteiger partial charge in [0.2, 0.25) is 0 Å². The second-order valence-electron chi connectivity index (χ2n) is 7.30. The summed E-state index contributed by atoms with van der Waals surface area (Å²) in [5.41, 5.74) is 1.42. The Morgan fingerprint density at radius 1 is 0.812 bits per heavy atom. The molecule has 4 aromatic carbocycles. The molecule has 0 fully saturated rings. The van der Waals surface area contributed by atoms with Crippen molar-refractivity contribution in [3.63, 3.8) is 0 Å². The summed E-state index contributed by atoms with van der Waals surface area (Å²) in [5, 5.41) is 5.09. The van der Waals surface area contributed by atoms with Gasteiger partial charge in [-0.25, -0.2) is 12.8 Å². The van der Waals surface area contributed by atoms with Gasteiger partial charge in [0.1, 0.15) is 18.2 Å². The van der Waals surface area contributed by atoms with E-state index in [4.69, 9.17) is 4.74 Å². The Hall–Kier alpha value is -3.42. The highest BCUT2D eigenvalue weighted by atomic mass is 32.2. The summed E-state index contributed by atoms with van der Waals surface area (Å²) in [4.78, 5) is 0.217. The van der Waals surface area contributed by atoms with Gasteiger partial charge in [0.05, 0.1) is 4.90 Å². The number of benzene rings is 4. The summed E-state index contributed by atoms with van der Waals surface area (Å²) >= 11 is 0. The Morgan fingerprint density at radius 3 is 2.47 bits per heavy atom. The van der Waals surface area contributed by atoms with Gasteiger partial charge in [-0.05, 0) is 52.7 Å². The van der Waals surface area contributed by atoms with Crippen molar-refractivity contribution in [2.24, 2.45) is 0 Å². The number of sulfonamides is 1. The lowest BCUT2D eigenvalue weighted by Gasteiger charge is -2.11. The molecule has 2 N–H and O–H groups in total. The number of nitrogens with one attached hydrogen (secondary N) is 2. The molecule has 0 aromatic heterocycles. The fraction of sp³-hybridized carbons (Fsp3) is 0.120. The van der Waals surface area contributed by atoms with E-state index in [1.165, 1.54) is 12.1 Å². The van der Waals surface area contributed by atoms with Crippen LogP contribution >= 0.6 is 0 Å². The molecule has 0 saturated heterocycles. The second kappa shape index (κ2) is 9.80. The summed E-state index contributed by atoms with van der Waals surface area (Å²) in [5.74, 6) is 0.148. The van der Waals surface area contributed by atoms with Crippen LogP contribution in [0, 0.1) is 5.82 Å². The number of hydrogen-bond acceptors (Lipinski definition) is 4. The third kappa shape index (κ3) is 5.63. The van der Waals surface area contributed by atoms with Crippen LogP contribution in [0.3, 0.4) is 0 Å². The van der Waals surface area contributed by atoms with Crippen LogP contribution in [0.4, 0.5) is 10.1 Å². The molecule has 0 bridgehead atoms. The van der Waals surface area contributed by atoms with Gasteiger partial charge in [-0.2, -0.15) is 0 Å². The standard InChI is InChI=1S/C25H23FN2O3S/c26-22-8-4-10-24(17-22)31-14-13-27-18-19-5-3-9-23(15-19)28-32(29,30)25-12-11-20-6-1-2-7-21(20)16-25/h1-12,15-17,27-28H,13-14,18H2. The fourth-order valence-electron chi connectivity index (χ4n) is 3.32. The normalized spacial score (nSPS) is 11.4. The zero-order valence-electron chi connectivity index (χ0n) is 17.3. The van der Waals surface area contributed by atoms with E-state index in [9.17, 15) is 12.8 Å². The molecule has 0 amide bonds. The average Bonchev–Trinajstić information content (AvgIpc) is 2.78. The van der Waals surface area contributed by atoms with Crippen molar-refractivity contribution in [2.45, 2.75) is 11.4 Å². The lowest BCUT2D eigenvalue weighted by atomic mass is 10.1. The summed E-state index contributed by atoms with van der Waals surface area (Å²) in [6.45, 7) is 1.49. The number of anilines is 1. The molecule has 0 atom stereocenters. The number of halogens is 1. The maximum Gasteiger partial charge on any atom is 0.261 e. The van der Waals surface area contributed by atoms with Crippen LogP contribution in [0.1, 0.15) is 5.56 Å². The van der Waals surface area contributed by atoms with Crippen LogP contribution in [0.15, 0.2) is 95.9 Å². The van der Waals surface area contributed by atoms with E-state index < -0.39 is 10.0 Å². The molecule has 5 nitrogen and oxygen atoms in total. The third-order valence-corrected chi connectivity index (χ3v) is 6.26. The van der Waals surface area contributed by atoms with Crippen molar-refractivity contribution >= 4 is 26.5 Å². The van der Waals surface area contributed by atoms with Crippen LogP contribution < -0.4 is 14.8 Å². The highest BCUT2D eigenvalue weighted by Crippen LogP contribution is 2.22. The molecule has 4 aromatic rings. The van der Waals surface area contributed by atoms with Crippen LogP contribution in [0.25, 0.3) is 10.8 Å². The van der Waals surface area contributed by atoms with E-state index in [0.29, 0.717) is 31.1 Å². The first-order chi connectivity index (χ1) is 15.5. The maximum absolute atomic E-state index is 13.2. The number of rotatable bonds is 9. The first-order valence-corrected chi connectivity index (χ1v) is 11.7. The van der Waals surface area contributed by atoms with Gasteiger partial charge < -0.3 is 10.1 Å². The largest absolute Gasteiger partial charge is 0.492 e. The highest BCUT2D eigenvalue weighted by Gasteiger charge is 2.15. The van der Waals surface area contributed by atoms with Crippen LogP contribution in [0.2, 0.25) is 0 Å². The lowest BCUT2D eigenvalue weighted by molar-refractivity contribution is 0.312. The molecule has 32 heavy (non-hydrogen) atoms. The van der Waals surface area contributed by atoms with E-state index in [2.05, 4.69) is 10.0 Å². The van der Waals surface area contributed by atoms with Gasteiger partial charge >= 0.3 is 0 Å². The molecule has 0 aliphatic heterocycles. The molecule has 164 valence electrons. The van der Waals surface area contributed by atoms with Gasteiger partial charge in [-0.15, -0.1) is 0 Å². The number of hydrogen-bond donors (Lipinski definition) is 2. The first-order valence-electron chi connectivity index (χ1n) is 10.2. The van der Waals surface area contributed by atoms with Gasteiger partial charge in [-0.1, -0.05) is 48.5 Å². The maximum atomic E-state index is 13.2. The van der Waals surface area contributed by atoms with Crippen LogP contribution in [0.5, 0.6) is 5.75 Å². The summed E-state index contributed by atoms with van der Waals surface area (Å²) in [7, 11) is -3.71. The molecular weight excluding hydrogens is 427 g/mol. The Labute approximate surface area is 186 Å². The molecule has 4 rings (SSSR count). The zero-order valence-corrected chi connectivity index (χ0v) is 18.1. The van der Waals surface area contributed by atoms with Crippen molar-refractivity contribution in [1.82, 2.24) is 5.32 Å². The topological polar surface area (TPSA) is 67.4 Å². The summed E-state index contributed by atoms with van der Waals surface area (Å²) in [6, 6.07) is 25.9. The average molecular weight is 451 g/mol. The van der Waals surface area contributed by atoms with Crippen molar-refractivity contribution in [1.29, 1.82) is 0 Å². The van der Waals surface area contributed by atoms with Crippen molar-refractivity contribution in [3.8, 4) is 5.75 Å². The van der Waals surface area contributed by atoms with E-state index in [-0.39, 0.29) is 10.7 Å². The van der Waals surface area contributed by atoms with E-state index in [0.717, 1.165) is 16.3 Å². The molecular formula is C25H23FN2O3S. The minimum atomic E-state index is -3.71. The molecule has 0 heterocycles. The number of ether oxygens (including phenoxy) is 1. The second-order valence-corrected chi connectivity index (χ2v) is 8.98. The highest BCUT2D eigenvalue weighted by molar-refractivity contribution is 7.92. The van der Waals surface area contributed by atoms with E-state index in [1.807, 2.05) is 30.3 Å². The Morgan fingerprint density at radius 2 is 1.62 bits per heavy atom. The first kappa shape index (κ1) is 21.8. The lowest BCUT2D eigenvalue weighted by Crippen LogP contribution is -2.20. The van der Waals surface area contributed by atoms with Crippen LogP contribution in [-0.2, 0) is 16.6 Å². The quantitative estimate of drug-likeness (QED) is 0.354. The monoisotopic (exact) mass is 450 g/mol. The minimum absolute atomic E-state index is 0.217. The van der Waals surface area contributed by atoms with Crippen molar-refractivity contribution in [3.05, 3.63) is 102 Å². The van der Waals surface area contributed by atoms with Crippen molar-refractivity contribution in [2.75, 3.05) is 17.9 Å². The summed E-state index contributed by atoms with van der Waals surface area (Å²) < 4.78 is 47.0. The van der Waals surface area contributed by atoms with Gasteiger partial charge in [-0.3, -0.25) is 4.72 Å². The van der Waals surface area contributed by atoms with Crippen LogP contribution in [-0.4, -0.2) is 21.6 Å². The Balaban J connectivity index is 1.33. The predicted molar refractivity (Wildman–Crippen MR) is 125 cm³/mol. The molecule has 0 aliphatic rings. The van der Waals surface area contributed by atoms with E-state index >= 15 is 0 Å². The van der Waals surface area contributed by atoms with Gasteiger partial charge in [0.15, 0.2) is 0 Å². The van der Waals surface area contributed by atoms with E-state index in [1.54, 1.807) is 48.5 Å². The molecule has 0 spiro atoms. The Bertz CT molecular complexity index is 1330. The molecule has 7 heteroatoms. The number of fused-ring (bicyclic) bond motifs is 1. The summed E-state index contributed by atoms with van der Waals surface area (Å²) in [6.07, 6.45) is 0. The molecule has 0 saturated carbocycles. The smallest absolute Gasteiger partial charge is 0.261 e. The Kier molecular flexibility index (Phi) is 6.68. The van der Waals surface area contributed by atoms with Crippen molar-refractivity contribution < 1.29 is 17.5 Å². The van der Waals surface area contributed by atoms with Gasteiger partial charge in [0, 0.05) is 24.8 Å². The molecule has 0 unspecified atom stereocenters. The molecule has 0 aliphatic carbocycles.